The molecule has 6 heteroatoms. The van der Waals surface area contributed by atoms with E-state index in [4.69, 9.17) is 16.1 Å². The second-order valence-corrected chi connectivity index (χ2v) is 7.15. The molecule has 124 valence electrons. The largest absolute Gasteiger partial charge is 0.347 e. The van der Waals surface area contributed by atoms with Gasteiger partial charge in [0.15, 0.2) is 0 Å². The Kier molecular flexibility index (Phi) is 5.77. The number of nitrogens with zero attached hydrogens (tertiary/aromatic N) is 2. The first-order valence-corrected chi connectivity index (χ1v) is 8.06. The van der Waals surface area contributed by atoms with E-state index in [1.165, 1.54) is 0 Å². The maximum atomic E-state index is 11.8. The van der Waals surface area contributed by atoms with Gasteiger partial charge in [0.25, 0.3) is 0 Å². The second kappa shape index (κ2) is 7.59. The molecule has 0 saturated heterocycles. The van der Waals surface area contributed by atoms with E-state index in [0.29, 0.717) is 23.2 Å². The number of carbonyl (C=O) groups excluding carboxylic acids is 1. The molecule has 2 rings (SSSR count). The Morgan fingerprint density at radius 2 is 1.96 bits per heavy atom. The summed E-state index contributed by atoms with van der Waals surface area (Å²) in [4.78, 5) is 16.1. The Labute approximate surface area is 141 Å². The number of nitrogens with one attached hydrogen (secondary N) is 1. The third kappa shape index (κ3) is 6.02. The third-order valence-corrected chi connectivity index (χ3v) is 3.59. The van der Waals surface area contributed by atoms with Crippen LogP contribution < -0.4 is 5.32 Å². The number of benzene rings is 1. The van der Waals surface area contributed by atoms with Gasteiger partial charge in [-0.15, -0.1) is 0 Å². The monoisotopic (exact) mass is 335 g/mol. The van der Waals surface area contributed by atoms with E-state index in [-0.39, 0.29) is 17.9 Å². The average molecular weight is 336 g/mol. The van der Waals surface area contributed by atoms with Crippen LogP contribution in [0.4, 0.5) is 0 Å². The summed E-state index contributed by atoms with van der Waals surface area (Å²) in [6.45, 7) is 6.75. The lowest BCUT2D eigenvalue weighted by molar-refractivity contribution is -0.121. The van der Waals surface area contributed by atoms with E-state index in [2.05, 4.69) is 36.2 Å². The highest BCUT2D eigenvalue weighted by Crippen LogP contribution is 2.21. The van der Waals surface area contributed by atoms with Gasteiger partial charge in [-0.3, -0.25) is 4.79 Å². The Hall–Kier alpha value is -1.88. The zero-order chi connectivity index (χ0) is 16.9. The highest BCUT2D eigenvalue weighted by atomic mass is 35.5. The van der Waals surface area contributed by atoms with E-state index in [1.807, 2.05) is 12.1 Å². The van der Waals surface area contributed by atoms with Gasteiger partial charge in [0, 0.05) is 17.0 Å². The fourth-order valence-corrected chi connectivity index (χ4v) is 2.21. The van der Waals surface area contributed by atoms with Crippen LogP contribution in [0.15, 0.2) is 28.8 Å². The van der Waals surface area contributed by atoms with Crippen molar-refractivity contribution in [2.75, 3.05) is 0 Å². The van der Waals surface area contributed by atoms with Crippen molar-refractivity contribution in [3.63, 3.8) is 0 Å². The van der Waals surface area contributed by atoms with Crippen molar-refractivity contribution in [3.05, 3.63) is 35.2 Å². The minimum atomic E-state index is 0.000456. The zero-order valence-corrected chi connectivity index (χ0v) is 14.5. The number of rotatable bonds is 6. The van der Waals surface area contributed by atoms with E-state index in [1.54, 1.807) is 12.1 Å². The first-order valence-electron chi connectivity index (χ1n) is 7.69. The molecule has 0 bridgehead atoms. The van der Waals surface area contributed by atoms with Crippen molar-refractivity contribution in [1.82, 2.24) is 15.5 Å². The van der Waals surface area contributed by atoms with E-state index in [0.717, 1.165) is 18.4 Å². The minimum absolute atomic E-state index is 0.000456. The Balaban J connectivity index is 1.80. The molecule has 0 saturated carbocycles. The molecule has 0 spiro atoms. The van der Waals surface area contributed by atoms with Gasteiger partial charge in [0.05, 0.1) is 6.54 Å². The van der Waals surface area contributed by atoms with Gasteiger partial charge in [-0.25, -0.2) is 0 Å². The summed E-state index contributed by atoms with van der Waals surface area (Å²) >= 11 is 5.85. The number of hydrogen-bond acceptors (Lipinski definition) is 4. The Morgan fingerprint density at radius 1 is 1.26 bits per heavy atom. The van der Waals surface area contributed by atoms with Crippen LogP contribution in [0.2, 0.25) is 5.02 Å². The molecule has 0 fully saturated rings. The van der Waals surface area contributed by atoms with Gasteiger partial charge >= 0.3 is 0 Å². The number of carbonyl (C=O) groups is 1. The quantitative estimate of drug-likeness (QED) is 0.858. The van der Waals surface area contributed by atoms with Gasteiger partial charge in [-0.1, -0.05) is 37.5 Å². The van der Waals surface area contributed by atoms with Crippen LogP contribution >= 0.6 is 11.6 Å². The fourth-order valence-electron chi connectivity index (χ4n) is 2.08. The number of hydrogen-bond donors (Lipinski definition) is 1. The summed E-state index contributed by atoms with van der Waals surface area (Å²) in [5.74, 6) is 0.873. The normalized spacial score (nSPS) is 11.5. The molecule has 0 unspecified atom stereocenters. The summed E-state index contributed by atoms with van der Waals surface area (Å²) in [6.07, 6.45) is 2.40. The van der Waals surface area contributed by atoms with E-state index in [9.17, 15) is 4.79 Å². The third-order valence-electron chi connectivity index (χ3n) is 3.34. The van der Waals surface area contributed by atoms with Crippen LogP contribution in [0.3, 0.4) is 0 Å². The maximum Gasteiger partial charge on any atom is 0.246 e. The molecule has 5 nitrogen and oxygen atoms in total. The van der Waals surface area contributed by atoms with Gasteiger partial charge in [-0.2, -0.15) is 4.98 Å². The average Bonchev–Trinajstić information content (AvgIpc) is 2.93. The Morgan fingerprint density at radius 3 is 2.61 bits per heavy atom. The molecule has 1 aromatic carbocycles. The molecule has 1 heterocycles. The maximum absolute atomic E-state index is 11.8. The van der Waals surface area contributed by atoms with Gasteiger partial charge < -0.3 is 9.84 Å². The molecule has 0 aliphatic rings. The highest BCUT2D eigenvalue weighted by molar-refractivity contribution is 6.30. The predicted octanol–water partition coefficient (Wildman–Crippen LogP) is 4.22. The van der Waals surface area contributed by atoms with Crippen molar-refractivity contribution in [2.24, 2.45) is 5.41 Å². The first kappa shape index (κ1) is 17.5. The minimum Gasteiger partial charge on any atom is -0.347 e. The fraction of sp³-hybridized carbons (Fsp3) is 0.471. The molecule has 1 amide bonds. The molecule has 23 heavy (non-hydrogen) atoms. The second-order valence-electron chi connectivity index (χ2n) is 6.71. The number of halogens is 1. The molecule has 0 aliphatic carbocycles. The topological polar surface area (TPSA) is 68.0 Å². The van der Waals surface area contributed by atoms with Gasteiger partial charge in [0.1, 0.15) is 0 Å². The van der Waals surface area contributed by atoms with Crippen LogP contribution in [0.25, 0.3) is 11.4 Å². The van der Waals surface area contributed by atoms with Crippen molar-refractivity contribution in [3.8, 4) is 11.4 Å². The summed E-state index contributed by atoms with van der Waals surface area (Å²) in [7, 11) is 0. The first-order chi connectivity index (χ1) is 10.8. The van der Waals surface area contributed by atoms with Crippen LogP contribution in [-0.2, 0) is 11.3 Å². The number of amides is 1. The lowest BCUT2D eigenvalue weighted by Gasteiger charge is -2.17. The van der Waals surface area contributed by atoms with E-state index >= 15 is 0 Å². The van der Waals surface area contributed by atoms with Gasteiger partial charge in [-0.05, 0) is 42.5 Å². The lowest BCUT2D eigenvalue weighted by atomic mass is 9.90. The van der Waals surface area contributed by atoms with E-state index < -0.39 is 0 Å². The summed E-state index contributed by atoms with van der Waals surface area (Å²) < 4.78 is 5.15. The zero-order valence-electron chi connectivity index (χ0n) is 13.7. The molecule has 0 atom stereocenters. The van der Waals surface area contributed by atoms with Crippen molar-refractivity contribution in [2.45, 2.75) is 46.6 Å². The molecule has 1 aromatic heterocycles. The van der Waals surface area contributed by atoms with Crippen LogP contribution in [0, 0.1) is 5.41 Å². The smallest absolute Gasteiger partial charge is 0.246 e. The van der Waals surface area contributed by atoms with Crippen molar-refractivity contribution < 1.29 is 9.32 Å². The summed E-state index contributed by atoms with van der Waals surface area (Å²) in [5, 5.41) is 7.36. The standard InChI is InChI=1S/C17H22ClN3O2/c1-17(2,3)10-4-5-14(22)19-11-15-20-16(21-23-15)12-6-8-13(18)9-7-12/h6-9H,4-5,10-11H2,1-3H3,(H,19,22). The number of aromatic nitrogens is 2. The predicted molar refractivity (Wildman–Crippen MR) is 89.9 cm³/mol. The lowest BCUT2D eigenvalue weighted by Crippen LogP contribution is -2.23. The van der Waals surface area contributed by atoms with Crippen molar-refractivity contribution >= 4 is 17.5 Å². The SMILES string of the molecule is CC(C)(C)CCCC(=O)NCc1nc(-c2ccc(Cl)cc2)no1. The molecule has 0 aliphatic heterocycles. The molecule has 1 N–H and O–H groups in total. The van der Waals surface area contributed by atoms with Crippen LogP contribution in [-0.4, -0.2) is 16.0 Å². The Bertz CT molecular complexity index is 645. The summed E-state index contributed by atoms with van der Waals surface area (Å²) in [6, 6.07) is 7.18. The summed E-state index contributed by atoms with van der Waals surface area (Å²) in [5.41, 5.74) is 1.07. The molecule has 2 aromatic rings. The molecule has 0 radical (unpaired) electrons. The molecular formula is C17H22ClN3O2. The van der Waals surface area contributed by atoms with Crippen molar-refractivity contribution in [1.29, 1.82) is 0 Å². The molecular weight excluding hydrogens is 314 g/mol. The van der Waals surface area contributed by atoms with Gasteiger partial charge in [0.2, 0.25) is 17.6 Å². The van der Waals surface area contributed by atoms with Crippen LogP contribution in [0.5, 0.6) is 0 Å². The van der Waals surface area contributed by atoms with Crippen LogP contribution in [0.1, 0.15) is 45.9 Å². The highest BCUT2D eigenvalue weighted by Gasteiger charge is 2.12.